The van der Waals surface area contributed by atoms with Crippen LogP contribution in [-0.4, -0.2) is 29.6 Å². The number of hydrogen-bond acceptors (Lipinski definition) is 5. The smallest absolute Gasteiger partial charge is 0.304 e. The second kappa shape index (κ2) is 5.32. The zero-order valence-corrected chi connectivity index (χ0v) is 12.9. The molecule has 118 valence electrons. The van der Waals surface area contributed by atoms with Crippen molar-refractivity contribution in [3.05, 3.63) is 34.1 Å². The van der Waals surface area contributed by atoms with Gasteiger partial charge < -0.3 is 5.11 Å². The van der Waals surface area contributed by atoms with E-state index in [1.54, 1.807) is 0 Å². The largest absolute Gasteiger partial charge is 0.389 e. The number of benzene rings is 1. The number of nitro benzene ring substituents is 1. The summed E-state index contributed by atoms with van der Waals surface area (Å²) in [5, 5.41) is 20.4. The molecule has 7 nitrogen and oxygen atoms in total. The van der Waals surface area contributed by atoms with E-state index in [2.05, 4.69) is 4.72 Å². The molecule has 0 heterocycles. The summed E-state index contributed by atoms with van der Waals surface area (Å²) in [6.07, 6.45) is 0. The Morgan fingerprint density at radius 2 is 1.81 bits per heavy atom. The lowest BCUT2D eigenvalue weighted by atomic mass is 9.87. The third kappa shape index (κ3) is 3.74. The highest BCUT2D eigenvalue weighted by molar-refractivity contribution is 7.89. The Balaban J connectivity index is 3.21. The van der Waals surface area contributed by atoms with Gasteiger partial charge in [-0.3, -0.25) is 10.1 Å². The Morgan fingerprint density at radius 1 is 1.29 bits per heavy atom. The van der Waals surface area contributed by atoms with Gasteiger partial charge in [-0.1, -0.05) is 0 Å². The minimum Gasteiger partial charge on any atom is -0.389 e. The second-order valence-electron chi connectivity index (χ2n) is 5.66. The Labute approximate surface area is 122 Å². The molecule has 21 heavy (non-hydrogen) atoms. The predicted molar refractivity (Wildman–Crippen MR) is 73.8 cm³/mol. The molecule has 0 saturated carbocycles. The van der Waals surface area contributed by atoms with Crippen LogP contribution in [0.4, 0.5) is 10.1 Å². The number of sulfonamides is 1. The highest BCUT2D eigenvalue weighted by Crippen LogP contribution is 2.25. The van der Waals surface area contributed by atoms with E-state index in [0.717, 1.165) is 12.1 Å². The van der Waals surface area contributed by atoms with Crippen molar-refractivity contribution in [2.45, 2.75) is 43.7 Å². The predicted octanol–water partition coefficient (Wildman–Crippen LogP) is 1.56. The Kier molecular flexibility index (Phi) is 4.42. The van der Waals surface area contributed by atoms with Crippen LogP contribution in [0, 0.1) is 15.9 Å². The van der Waals surface area contributed by atoms with Crippen molar-refractivity contribution in [2.24, 2.45) is 0 Å². The van der Waals surface area contributed by atoms with Crippen LogP contribution in [0.1, 0.15) is 27.7 Å². The molecular formula is C12H17FN2O5S. The maximum atomic E-state index is 13.5. The maximum Gasteiger partial charge on any atom is 0.304 e. The molecule has 0 radical (unpaired) electrons. The lowest BCUT2D eigenvalue weighted by molar-refractivity contribution is -0.387. The lowest BCUT2D eigenvalue weighted by Gasteiger charge is -2.37. The van der Waals surface area contributed by atoms with E-state index in [4.69, 9.17) is 0 Å². The fourth-order valence-electron chi connectivity index (χ4n) is 1.32. The van der Waals surface area contributed by atoms with Crippen molar-refractivity contribution >= 4 is 15.7 Å². The van der Waals surface area contributed by atoms with Crippen molar-refractivity contribution in [3.63, 3.8) is 0 Å². The monoisotopic (exact) mass is 320 g/mol. The number of nitro groups is 1. The molecular weight excluding hydrogens is 303 g/mol. The van der Waals surface area contributed by atoms with Crippen LogP contribution in [0.5, 0.6) is 0 Å². The molecule has 0 saturated heterocycles. The summed E-state index contributed by atoms with van der Waals surface area (Å²) in [6, 6.07) is 2.28. The number of hydrogen-bond donors (Lipinski definition) is 2. The summed E-state index contributed by atoms with van der Waals surface area (Å²) in [5.41, 5.74) is -3.42. The van der Waals surface area contributed by atoms with Gasteiger partial charge >= 0.3 is 5.69 Å². The average Bonchev–Trinajstić information content (AvgIpc) is 2.25. The first-order valence-electron chi connectivity index (χ1n) is 5.98. The van der Waals surface area contributed by atoms with E-state index in [1.165, 1.54) is 27.7 Å². The molecule has 2 N–H and O–H groups in total. The zero-order chi connectivity index (χ0) is 16.6. The minimum absolute atomic E-state index is 0.456. The topological polar surface area (TPSA) is 110 Å². The number of aliphatic hydroxyl groups is 1. The van der Waals surface area contributed by atoms with Crippen molar-refractivity contribution in [3.8, 4) is 0 Å². The Morgan fingerprint density at radius 3 is 2.19 bits per heavy atom. The third-order valence-electron chi connectivity index (χ3n) is 3.35. The van der Waals surface area contributed by atoms with Gasteiger partial charge in [0.25, 0.3) is 0 Å². The van der Waals surface area contributed by atoms with E-state index >= 15 is 0 Å². The quantitative estimate of drug-likeness (QED) is 0.632. The molecule has 0 amide bonds. The van der Waals surface area contributed by atoms with E-state index < -0.39 is 42.5 Å². The highest BCUT2D eigenvalue weighted by Gasteiger charge is 2.39. The third-order valence-corrected chi connectivity index (χ3v) is 5.00. The second-order valence-corrected chi connectivity index (χ2v) is 7.34. The van der Waals surface area contributed by atoms with E-state index in [9.17, 15) is 28.0 Å². The van der Waals surface area contributed by atoms with E-state index in [0.29, 0.717) is 6.07 Å². The first-order valence-corrected chi connectivity index (χ1v) is 7.46. The summed E-state index contributed by atoms with van der Waals surface area (Å²) in [6.45, 7) is 5.77. The van der Waals surface area contributed by atoms with Gasteiger partial charge in [-0.15, -0.1) is 0 Å². The molecule has 0 fully saturated rings. The summed E-state index contributed by atoms with van der Waals surface area (Å²) in [7, 11) is -4.14. The summed E-state index contributed by atoms with van der Waals surface area (Å²) in [4.78, 5) is 9.11. The van der Waals surface area contributed by atoms with Crippen LogP contribution in [0.15, 0.2) is 23.1 Å². The van der Waals surface area contributed by atoms with Gasteiger partial charge in [-0.2, -0.15) is 4.39 Å². The van der Waals surface area contributed by atoms with Gasteiger partial charge in [0.15, 0.2) is 0 Å². The highest BCUT2D eigenvalue weighted by atomic mass is 32.2. The summed E-state index contributed by atoms with van der Waals surface area (Å²) < 4.78 is 40.1. The first kappa shape index (κ1) is 17.5. The van der Waals surface area contributed by atoms with Crippen molar-refractivity contribution in [1.82, 2.24) is 4.72 Å². The fourth-order valence-corrected chi connectivity index (χ4v) is 2.87. The van der Waals surface area contributed by atoms with E-state index in [1.807, 2.05) is 0 Å². The first-order chi connectivity index (χ1) is 9.28. The molecule has 1 aromatic rings. The van der Waals surface area contributed by atoms with Crippen molar-refractivity contribution in [2.75, 3.05) is 0 Å². The molecule has 0 aliphatic rings. The number of nitrogens with one attached hydrogen (secondary N) is 1. The Bertz CT molecular complexity index is 665. The molecule has 0 aliphatic heterocycles. The normalized spacial score (nSPS) is 13.2. The molecule has 0 aliphatic carbocycles. The number of halogens is 1. The van der Waals surface area contributed by atoms with Crippen molar-refractivity contribution in [1.29, 1.82) is 0 Å². The van der Waals surface area contributed by atoms with Crippen LogP contribution >= 0.6 is 0 Å². The van der Waals surface area contributed by atoms with Gasteiger partial charge in [0.1, 0.15) is 0 Å². The van der Waals surface area contributed by atoms with Crippen LogP contribution in [-0.2, 0) is 10.0 Å². The molecule has 9 heteroatoms. The molecule has 0 spiro atoms. The molecule has 1 rings (SSSR count). The standard InChI is InChI=1S/C12H17FN2O5S/c1-11(2,12(3,4)16)14-21(19,20)8-5-6-10(15(17)18)9(13)7-8/h5-7,14,16H,1-4H3. The maximum absolute atomic E-state index is 13.5. The number of rotatable bonds is 5. The SMILES string of the molecule is CC(C)(O)C(C)(C)NS(=O)(=O)c1ccc([N+](=O)[O-])c(F)c1. The van der Waals surface area contributed by atoms with Crippen LogP contribution < -0.4 is 4.72 Å². The van der Waals surface area contributed by atoms with Gasteiger partial charge in [-0.25, -0.2) is 13.1 Å². The van der Waals surface area contributed by atoms with Crippen LogP contribution in [0.25, 0.3) is 0 Å². The van der Waals surface area contributed by atoms with Crippen LogP contribution in [0.2, 0.25) is 0 Å². The molecule has 0 unspecified atom stereocenters. The van der Waals surface area contributed by atoms with Crippen molar-refractivity contribution < 1.29 is 22.8 Å². The number of nitrogens with zero attached hydrogens (tertiary/aromatic N) is 1. The van der Waals surface area contributed by atoms with Crippen LogP contribution in [0.3, 0.4) is 0 Å². The fraction of sp³-hybridized carbons (Fsp3) is 0.500. The van der Waals surface area contributed by atoms with Gasteiger partial charge in [0, 0.05) is 12.1 Å². The minimum atomic E-state index is -4.14. The molecule has 0 bridgehead atoms. The lowest BCUT2D eigenvalue weighted by Crippen LogP contribution is -2.57. The summed E-state index contributed by atoms with van der Waals surface area (Å²) in [5.74, 6) is -1.25. The zero-order valence-electron chi connectivity index (χ0n) is 12.0. The van der Waals surface area contributed by atoms with E-state index in [-0.39, 0.29) is 0 Å². The molecule has 1 aromatic carbocycles. The molecule has 0 atom stereocenters. The summed E-state index contributed by atoms with van der Waals surface area (Å²) >= 11 is 0. The van der Waals surface area contributed by atoms with Gasteiger partial charge in [0.05, 0.1) is 21.0 Å². The van der Waals surface area contributed by atoms with Gasteiger partial charge in [-0.05, 0) is 33.8 Å². The Hall–Kier alpha value is -1.58. The van der Waals surface area contributed by atoms with Gasteiger partial charge in [0.2, 0.25) is 15.8 Å². The average molecular weight is 320 g/mol. The molecule has 0 aromatic heterocycles.